The molecule has 2 fully saturated rings. The monoisotopic (exact) mass is 336 g/mol. The average molecular weight is 337 g/mol. The SMILES string of the molecule is O=c1oc2cc(Cl)ccc2n1CN1CCCC2(CCOCC2)C1. The quantitative estimate of drug-likeness (QED) is 0.845. The van der Waals surface area contributed by atoms with Crippen LogP contribution in [0, 0.1) is 5.41 Å². The van der Waals surface area contributed by atoms with Gasteiger partial charge in [-0.1, -0.05) is 11.6 Å². The van der Waals surface area contributed by atoms with Gasteiger partial charge in [0.25, 0.3) is 0 Å². The van der Waals surface area contributed by atoms with E-state index in [1.54, 1.807) is 16.7 Å². The number of halogens is 1. The smallest absolute Gasteiger partial charge is 0.408 e. The fourth-order valence-corrected chi connectivity index (χ4v) is 4.18. The molecule has 3 heterocycles. The van der Waals surface area contributed by atoms with Crippen LogP contribution in [0.1, 0.15) is 25.7 Å². The molecule has 23 heavy (non-hydrogen) atoms. The van der Waals surface area contributed by atoms with Crippen LogP contribution in [-0.4, -0.2) is 35.8 Å². The van der Waals surface area contributed by atoms with Gasteiger partial charge in [-0.3, -0.25) is 9.47 Å². The van der Waals surface area contributed by atoms with E-state index in [1.807, 2.05) is 6.07 Å². The molecule has 0 amide bonds. The molecule has 0 unspecified atom stereocenters. The largest absolute Gasteiger partial charge is 0.421 e. The Morgan fingerprint density at radius 3 is 2.87 bits per heavy atom. The molecule has 0 radical (unpaired) electrons. The summed E-state index contributed by atoms with van der Waals surface area (Å²) in [4.78, 5) is 14.6. The van der Waals surface area contributed by atoms with Crippen LogP contribution < -0.4 is 5.76 Å². The molecule has 6 heteroatoms. The van der Waals surface area contributed by atoms with Gasteiger partial charge in [0, 0.05) is 30.8 Å². The Hall–Kier alpha value is -1.30. The molecule has 2 aliphatic heterocycles. The van der Waals surface area contributed by atoms with E-state index in [4.69, 9.17) is 20.8 Å². The molecule has 5 nitrogen and oxygen atoms in total. The van der Waals surface area contributed by atoms with Gasteiger partial charge in [0.15, 0.2) is 5.58 Å². The van der Waals surface area contributed by atoms with Crippen molar-refractivity contribution in [2.75, 3.05) is 26.3 Å². The first-order chi connectivity index (χ1) is 11.2. The molecule has 4 rings (SSSR count). The number of hydrogen-bond donors (Lipinski definition) is 0. The minimum atomic E-state index is -0.311. The van der Waals surface area contributed by atoms with Crippen LogP contribution in [0.3, 0.4) is 0 Å². The fourth-order valence-electron chi connectivity index (χ4n) is 4.02. The van der Waals surface area contributed by atoms with Crippen LogP contribution in [0.5, 0.6) is 0 Å². The predicted octanol–water partition coefficient (Wildman–Crippen LogP) is 3.10. The third-order valence-corrected chi connectivity index (χ3v) is 5.50. The molecule has 0 saturated carbocycles. The minimum Gasteiger partial charge on any atom is -0.408 e. The Morgan fingerprint density at radius 1 is 1.22 bits per heavy atom. The Balaban J connectivity index is 1.58. The van der Waals surface area contributed by atoms with Crippen LogP contribution >= 0.6 is 11.6 Å². The number of hydrogen-bond acceptors (Lipinski definition) is 4. The molecular formula is C17H21ClN2O3. The lowest BCUT2D eigenvalue weighted by molar-refractivity contribution is -0.0342. The Labute approximate surface area is 139 Å². The van der Waals surface area contributed by atoms with Gasteiger partial charge >= 0.3 is 5.76 Å². The Morgan fingerprint density at radius 2 is 2.04 bits per heavy atom. The number of rotatable bonds is 2. The van der Waals surface area contributed by atoms with E-state index in [2.05, 4.69) is 4.90 Å². The summed E-state index contributed by atoms with van der Waals surface area (Å²) < 4.78 is 12.6. The molecule has 0 bridgehead atoms. The number of likely N-dealkylation sites (tertiary alicyclic amines) is 1. The lowest BCUT2D eigenvalue weighted by Crippen LogP contribution is -2.47. The second kappa shape index (κ2) is 5.96. The standard InChI is InChI=1S/C17H21ClN2O3/c18-13-2-3-14-15(10-13)23-16(21)20(14)12-19-7-1-4-17(11-19)5-8-22-9-6-17/h2-3,10H,1,4-9,11-12H2. The number of ether oxygens (including phenoxy) is 1. The number of oxazole rings is 1. The average Bonchev–Trinajstić information content (AvgIpc) is 2.83. The number of piperidine rings is 1. The van der Waals surface area contributed by atoms with Crippen molar-refractivity contribution in [2.45, 2.75) is 32.4 Å². The zero-order valence-electron chi connectivity index (χ0n) is 13.1. The molecule has 2 saturated heterocycles. The van der Waals surface area contributed by atoms with Crippen molar-refractivity contribution < 1.29 is 9.15 Å². The van der Waals surface area contributed by atoms with Crippen molar-refractivity contribution in [1.29, 1.82) is 0 Å². The van der Waals surface area contributed by atoms with Gasteiger partial charge in [0.05, 0.1) is 12.2 Å². The van der Waals surface area contributed by atoms with Crippen molar-refractivity contribution in [3.05, 3.63) is 33.8 Å². The highest BCUT2D eigenvalue weighted by atomic mass is 35.5. The molecule has 124 valence electrons. The van der Waals surface area contributed by atoms with Gasteiger partial charge < -0.3 is 9.15 Å². The zero-order valence-corrected chi connectivity index (χ0v) is 13.8. The van der Waals surface area contributed by atoms with Crippen LogP contribution in [0.2, 0.25) is 5.02 Å². The first-order valence-corrected chi connectivity index (χ1v) is 8.62. The van der Waals surface area contributed by atoms with Crippen LogP contribution in [0.4, 0.5) is 0 Å². The third-order valence-electron chi connectivity index (χ3n) is 5.27. The second-order valence-corrected chi connectivity index (χ2v) is 7.25. The van der Waals surface area contributed by atoms with Gasteiger partial charge in [-0.2, -0.15) is 0 Å². The molecule has 1 aromatic carbocycles. The van der Waals surface area contributed by atoms with Gasteiger partial charge in [0.1, 0.15) is 0 Å². The summed E-state index contributed by atoms with van der Waals surface area (Å²) >= 11 is 5.98. The summed E-state index contributed by atoms with van der Waals surface area (Å²) in [5.41, 5.74) is 1.73. The fraction of sp³-hybridized carbons (Fsp3) is 0.588. The molecular weight excluding hydrogens is 316 g/mol. The molecule has 1 spiro atoms. The Kier molecular flexibility index (Phi) is 3.95. The van der Waals surface area contributed by atoms with E-state index in [9.17, 15) is 4.79 Å². The summed E-state index contributed by atoms with van der Waals surface area (Å²) in [7, 11) is 0. The highest BCUT2D eigenvalue weighted by Crippen LogP contribution is 2.39. The highest BCUT2D eigenvalue weighted by Gasteiger charge is 2.37. The van der Waals surface area contributed by atoms with Gasteiger partial charge in [-0.05, 0) is 49.8 Å². The van der Waals surface area contributed by atoms with Crippen molar-refractivity contribution >= 4 is 22.7 Å². The normalized spacial score (nSPS) is 22.0. The third kappa shape index (κ3) is 2.93. The van der Waals surface area contributed by atoms with Crippen molar-refractivity contribution in [3.63, 3.8) is 0 Å². The summed E-state index contributed by atoms with van der Waals surface area (Å²) in [6.07, 6.45) is 4.69. The number of nitrogens with zero attached hydrogens (tertiary/aromatic N) is 2. The lowest BCUT2D eigenvalue weighted by Gasteiger charge is -2.45. The maximum atomic E-state index is 12.2. The van der Waals surface area contributed by atoms with Gasteiger partial charge in [-0.15, -0.1) is 0 Å². The van der Waals surface area contributed by atoms with Crippen molar-refractivity contribution in [2.24, 2.45) is 5.41 Å². The van der Waals surface area contributed by atoms with Crippen molar-refractivity contribution in [1.82, 2.24) is 9.47 Å². The maximum absolute atomic E-state index is 12.2. The van der Waals surface area contributed by atoms with E-state index in [0.29, 0.717) is 22.7 Å². The lowest BCUT2D eigenvalue weighted by atomic mass is 9.74. The van der Waals surface area contributed by atoms with E-state index >= 15 is 0 Å². The van der Waals surface area contributed by atoms with E-state index < -0.39 is 0 Å². The highest BCUT2D eigenvalue weighted by molar-refractivity contribution is 6.31. The van der Waals surface area contributed by atoms with E-state index in [0.717, 1.165) is 44.7 Å². The van der Waals surface area contributed by atoms with Crippen LogP contribution in [-0.2, 0) is 11.4 Å². The van der Waals surface area contributed by atoms with E-state index in [1.165, 1.54) is 12.8 Å². The predicted molar refractivity (Wildman–Crippen MR) is 88.8 cm³/mol. The number of fused-ring (bicyclic) bond motifs is 1. The molecule has 0 aliphatic carbocycles. The summed E-state index contributed by atoms with van der Waals surface area (Å²) in [6.45, 7) is 4.36. The first-order valence-electron chi connectivity index (χ1n) is 8.24. The molecule has 0 atom stereocenters. The van der Waals surface area contributed by atoms with Crippen LogP contribution in [0.25, 0.3) is 11.1 Å². The topological polar surface area (TPSA) is 47.6 Å². The number of aromatic nitrogens is 1. The first kappa shape index (κ1) is 15.2. The molecule has 2 aromatic rings. The summed E-state index contributed by atoms with van der Waals surface area (Å²) in [5.74, 6) is -0.311. The van der Waals surface area contributed by atoms with Crippen molar-refractivity contribution in [3.8, 4) is 0 Å². The molecule has 0 N–H and O–H groups in total. The zero-order chi connectivity index (χ0) is 15.9. The maximum Gasteiger partial charge on any atom is 0.421 e. The molecule has 2 aliphatic rings. The second-order valence-electron chi connectivity index (χ2n) is 6.82. The summed E-state index contributed by atoms with van der Waals surface area (Å²) in [6, 6.07) is 5.35. The number of benzene rings is 1. The Bertz CT molecular complexity index is 755. The minimum absolute atomic E-state index is 0.311. The summed E-state index contributed by atoms with van der Waals surface area (Å²) in [5, 5.41) is 0.581. The van der Waals surface area contributed by atoms with Gasteiger partial charge in [-0.25, -0.2) is 4.79 Å². The van der Waals surface area contributed by atoms with Gasteiger partial charge in [0.2, 0.25) is 0 Å². The van der Waals surface area contributed by atoms with E-state index in [-0.39, 0.29) is 5.76 Å². The molecule has 1 aromatic heterocycles. The van der Waals surface area contributed by atoms with Crippen LogP contribution in [0.15, 0.2) is 27.4 Å².